The van der Waals surface area contributed by atoms with Crippen molar-refractivity contribution >= 4 is 12.3 Å². The highest BCUT2D eigenvalue weighted by Crippen LogP contribution is 2.17. The van der Waals surface area contributed by atoms with E-state index in [-0.39, 0.29) is 23.5 Å². The molecule has 20 heavy (non-hydrogen) atoms. The Morgan fingerprint density at radius 1 is 1.20 bits per heavy atom. The van der Waals surface area contributed by atoms with Gasteiger partial charge in [-0.05, 0) is 30.7 Å². The van der Waals surface area contributed by atoms with E-state index in [0.29, 0.717) is 6.29 Å². The zero-order chi connectivity index (χ0) is 14.5. The Kier molecular flexibility index (Phi) is 4.15. The minimum Gasteiger partial charge on any atom is -0.507 e. The van der Waals surface area contributed by atoms with E-state index >= 15 is 0 Å². The number of rotatable bonds is 4. The number of carbonyl (C=O) groups is 2. The maximum atomic E-state index is 11.8. The molecule has 0 bridgehead atoms. The van der Waals surface area contributed by atoms with Gasteiger partial charge in [-0.3, -0.25) is 4.79 Å². The molecule has 0 aliphatic carbocycles. The Labute approximate surface area is 116 Å². The van der Waals surface area contributed by atoms with Crippen LogP contribution in [0.15, 0.2) is 42.5 Å². The van der Waals surface area contributed by atoms with Crippen LogP contribution in [0.2, 0.25) is 0 Å². The monoisotopic (exact) mass is 270 g/mol. The summed E-state index contributed by atoms with van der Waals surface area (Å²) in [5, 5.41) is 9.37. The van der Waals surface area contributed by atoms with Gasteiger partial charge in [0.2, 0.25) is 0 Å². The van der Waals surface area contributed by atoms with Crippen molar-refractivity contribution in [2.24, 2.45) is 0 Å². The van der Waals surface area contributed by atoms with Gasteiger partial charge in [0.05, 0.1) is 11.1 Å². The first-order chi connectivity index (χ1) is 9.60. The summed E-state index contributed by atoms with van der Waals surface area (Å²) in [4.78, 5) is 22.5. The minimum absolute atomic E-state index is 0.0646. The van der Waals surface area contributed by atoms with Crippen LogP contribution in [0.5, 0.6) is 5.75 Å². The third-order valence-corrected chi connectivity index (χ3v) is 2.88. The summed E-state index contributed by atoms with van der Waals surface area (Å²) < 4.78 is 5.16. The van der Waals surface area contributed by atoms with E-state index < -0.39 is 5.97 Å². The molecule has 0 unspecified atom stereocenters. The van der Waals surface area contributed by atoms with Gasteiger partial charge in [0.15, 0.2) is 6.29 Å². The zero-order valence-corrected chi connectivity index (χ0v) is 11.0. The second-order valence-electron chi connectivity index (χ2n) is 4.45. The summed E-state index contributed by atoms with van der Waals surface area (Å²) in [5.74, 6) is -0.691. The van der Waals surface area contributed by atoms with Crippen molar-refractivity contribution in [3.8, 4) is 5.75 Å². The first-order valence-electron chi connectivity index (χ1n) is 6.11. The van der Waals surface area contributed by atoms with Gasteiger partial charge in [0.1, 0.15) is 12.4 Å². The van der Waals surface area contributed by atoms with E-state index in [0.717, 1.165) is 11.1 Å². The van der Waals surface area contributed by atoms with Crippen molar-refractivity contribution in [3.05, 3.63) is 64.7 Å². The number of ether oxygens (including phenoxy) is 1. The Bertz CT molecular complexity index is 629. The fourth-order valence-electron chi connectivity index (χ4n) is 1.69. The molecule has 0 aliphatic heterocycles. The van der Waals surface area contributed by atoms with Crippen molar-refractivity contribution in [3.63, 3.8) is 0 Å². The van der Waals surface area contributed by atoms with Gasteiger partial charge < -0.3 is 9.84 Å². The van der Waals surface area contributed by atoms with Crippen molar-refractivity contribution in [2.45, 2.75) is 13.5 Å². The van der Waals surface area contributed by atoms with Gasteiger partial charge >= 0.3 is 5.97 Å². The van der Waals surface area contributed by atoms with Gasteiger partial charge in [0, 0.05) is 0 Å². The second kappa shape index (κ2) is 6.02. The molecule has 0 amide bonds. The Morgan fingerprint density at radius 2 is 1.90 bits per heavy atom. The number of benzene rings is 2. The SMILES string of the molecule is Cc1ccc(COC(=O)c2ccc(O)c(C=O)c2)cc1. The third-order valence-electron chi connectivity index (χ3n) is 2.88. The van der Waals surface area contributed by atoms with Crippen LogP contribution < -0.4 is 0 Å². The molecule has 0 aromatic heterocycles. The van der Waals surface area contributed by atoms with Crippen molar-refractivity contribution in [1.82, 2.24) is 0 Å². The molecule has 0 atom stereocenters. The summed E-state index contributed by atoms with van der Waals surface area (Å²) in [6.45, 7) is 2.14. The van der Waals surface area contributed by atoms with Crippen LogP contribution in [-0.4, -0.2) is 17.4 Å². The fourth-order valence-corrected chi connectivity index (χ4v) is 1.69. The molecule has 2 aromatic rings. The first kappa shape index (κ1) is 13.8. The Balaban J connectivity index is 2.05. The predicted octanol–water partition coefficient (Wildman–Crippen LogP) is 2.87. The molecule has 4 nitrogen and oxygen atoms in total. The average molecular weight is 270 g/mol. The van der Waals surface area contributed by atoms with E-state index in [2.05, 4.69) is 0 Å². The second-order valence-corrected chi connectivity index (χ2v) is 4.45. The van der Waals surface area contributed by atoms with E-state index in [1.165, 1.54) is 18.2 Å². The zero-order valence-electron chi connectivity index (χ0n) is 11.0. The van der Waals surface area contributed by atoms with Gasteiger partial charge in [-0.1, -0.05) is 29.8 Å². The maximum Gasteiger partial charge on any atom is 0.338 e. The molecule has 0 aliphatic rings. The highest BCUT2D eigenvalue weighted by Gasteiger charge is 2.10. The summed E-state index contributed by atoms with van der Waals surface area (Å²) in [6.07, 6.45) is 0.492. The number of aromatic hydroxyl groups is 1. The molecule has 2 rings (SSSR count). The predicted molar refractivity (Wildman–Crippen MR) is 73.8 cm³/mol. The first-order valence-corrected chi connectivity index (χ1v) is 6.11. The molecule has 0 radical (unpaired) electrons. The summed E-state index contributed by atoms with van der Waals surface area (Å²) in [5.41, 5.74) is 2.32. The summed E-state index contributed by atoms with van der Waals surface area (Å²) in [7, 11) is 0. The van der Waals surface area contributed by atoms with E-state index in [4.69, 9.17) is 4.74 Å². The number of hydrogen-bond acceptors (Lipinski definition) is 4. The average Bonchev–Trinajstić information content (AvgIpc) is 2.47. The Hall–Kier alpha value is -2.62. The molecular weight excluding hydrogens is 256 g/mol. The smallest absolute Gasteiger partial charge is 0.338 e. The molecule has 102 valence electrons. The molecular formula is C16H14O4. The lowest BCUT2D eigenvalue weighted by Crippen LogP contribution is -2.05. The topological polar surface area (TPSA) is 63.6 Å². The van der Waals surface area contributed by atoms with Crippen LogP contribution in [0.25, 0.3) is 0 Å². The number of aldehydes is 1. The maximum absolute atomic E-state index is 11.8. The van der Waals surface area contributed by atoms with E-state index in [1.54, 1.807) is 0 Å². The van der Waals surface area contributed by atoms with Gasteiger partial charge in [-0.2, -0.15) is 0 Å². The molecule has 0 saturated heterocycles. The largest absolute Gasteiger partial charge is 0.507 e. The number of phenols is 1. The van der Waals surface area contributed by atoms with Crippen LogP contribution in [-0.2, 0) is 11.3 Å². The van der Waals surface area contributed by atoms with Crippen LogP contribution in [0, 0.1) is 6.92 Å². The van der Waals surface area contributed by atoms with Crippen molar-refractivity contribution in [2.75, 3.05) is 0 Å². The number of phenolic OH excluding ortho intramolecular Hbond substituents is 1. The molecule has 0 fully saturated rings. The normalized spacial score (nSPS) is 10.1. The number of aryl methyl sites for hydroxylation is 1. The summed E-state index contributed by atoms with van der Waals surface area (Å²) in [6, 6.07) is 11.7. The highest BCUT2D eigenvalue weighted by molar-refractivity contribution is 5.92. The number of carbonyl (C=O) groups excluding carboxylic acids is 2. The molecule has 0 saturated carbocycles. The van der Waals surface area contributed by atoms with Gasteiger partial charge in [0.25, 0.3) is 0 Å². The Morgan fingerprint density at radius 3 is 2.55 bits per heavy atom. The lowest BCUT2D eigenvalue weighted by Gasteiger charge is -2.06. The van der Waals surface area contributed by atoms with Crippen molar-refractivity contribution in [1.29, 1.82) is 0 Å². The van der Waals surface area contributed by atoms with Crippen molar-refractivity contribution < 1.29 is 19.4 Å². The van der Waals surface area contributed by atoms with Crippen LogP contribution in [0.3, 0.4) is 0 Å². The quantitative estimate of drug-likeness (QED) is 0.685. The lowest BCUT2D eigenvalue weighted by molar-refractivity contribution is 0.0472. The number of esters is 1. The van der Waals surface area contributed by atoms with Crippen LogP contribution in [0.4, 0.5) is 0 Å². The fraction of sp³-hybridized carbons (Fsp3) is 0.125. The standard InChI is InChI=1S/C16H14O4/c1-11-2-4-12(5-3-11)10-20-16(19)13-6-7-15(18)14(8-13)9-17/h2-9,18H,10H2,1H3. The minimum atomic E-state index is -0.534. The molecule has 4 heteroatoms. The molecule has 2 aromatic carbocycles. The molecule has 0 heterocycles. The van der Waals surface area contributed by atoms with Gasteiger partial charge in [-0.15, -0.1) is 0 Å². The lowest BCUT2D eigenvalue weighted by atomic mass is 10.1. The molecule has 0 spiro atoms. The van der Waals surface area contributed by atoms with E-state index in [9.17, 15) is 14.7 Å². The third kappa shape index (κ3) is 3.23. The van der Waals surface area contributed by atoms with Gasteiger partial charge in [-0.25, -0.2) is 4.79 Å². The van der Waals surface area contributed by atoms with E-state index in [1.807, 2.05) is 31.2 Å². The highest BCUT2D eigenvalue weighted by atomic mass is 16.5. The number of hydrogen-bond donors (Lipinski definition) is 1. The van der Waals surface area contributed by atoms with Crippen LogP contribution in [0.1, 0.15) is 31.8 Å². The molecule has 1 N–H and O–H groups in total. The summed E-state index contributed by atoms with van der Waals surface area (Å²) >= 11 is 0. The van der Waals surface area contributed by atoms with Crippen LogP contribution >= 0.6 is 0 Å².